The van der Waals surface area contributed by atoms with Crippen LogP contribution in [0.4, 0.5) is 0 Å². The molecule has 0 saturated carbocycles. The standard InChI is InChI=1S/C85H146O17P2/c1-5-9-13-17-21-25-29-33-37-39-43-46-50-54-58-62-66-70-83(88)96-76-80(101-84(89)71-67-63-59-55-51-47-42-36-32-28-24-20-16-12-8-4)77-99-103(91,92)97-73-79(86)74-98-104(93,94)100-78-81(75-95-82(87)69-65-61-57-53-49-45-41-35-31-27-23-19-15-11-7-3)102-85(90)72-68-64-60-56-52-48-44-40-38-34-30-26-22-18-14-10-6-2/h21-23,25-27,33-35,37-38,41,43-44,46,48,54,56,58,60,79-81,86H,5-20,24,28-32,36,39-40,42,45,47,49-53,55,57,59,61-78H2,1-4H3,(H,91,92)(H,93,94)/b25-21-,26-22-,27-23-,37-33-,38-34-,41-35-,46-43-,48-44-,58-54-,60-56-/t79-,80-,81-/m1/s1. The molecule has 2 unspecified atom stereocenters. The molecule has 0 aromatic carbocycles. The Morgan fingerprint density at radius 3 is 0.788 bits per heavy atom. The lowest BCUT2D eigenvalue weighted by molar-refractivity contribution is -0.161. The average Bonchev–Trinajstić information content (AvgIpc) is 0.909. The zero-order valence-electron chi connectivity index (χ0n) is 65.4. The minimum absolute atomic E-state index is 0.0134. The molecule has 0 rings (SSSR count). The highest BCUT2D eigenvalue weighted by Crippen LogP contribution is 2.45. The molecule has 0 bridgehead atoms. The summed E-state index contributed by atoms with van der Waals surface area (Å²) in [5, 5.41) is 10.6. The Morgan fingerprint density at radius 1 is 0.269 bits per heavy atom. The fraction of sp³-hybridized carbons (Fsp3) is 0.718. The second-order valence-corrected chi connectivity index (χ2v) is 29.9. The number of hydrogen-bond donors (Lipinski definition) is 3. The Hall–Kier alpha value is -4.54. The van der Waals surface area contributed by atoms with Gasteiger partial charge >= 0.3 is 39.5 Å². The molecule has 0 aromatic rings. The molecule has 0 fully saturated rings. The molecule has 104 heavy (non-hydrogen) atoms. The Bertz CT molecular complexity index is 2440. The maximum Gasteiger partial charge on any atom is 0.472 e. The number of phosphoric acid groups is 2. The van der Waals surface area contributed by atoms with Crippen molar-refractivity contribution in [2.45, 2.75) is 354 Å². The van der Waals surface area contributed by atoms with Gasteiger partial charge in [0.1, 0.15) is 19.3 Å². The third-order valence-corrected chi connectivity index (χ3v) is 18.8. The molecule has 0 heterocycles. The predicted molar refractivity (Wildman–Crippen MR) is 427 cm³/mol. The van der Waals surface area contributed by atoms with E-state index < -0.39 is 97.5 Å². The molecule has 0 aromatic heterocycles. The first-order chi connectivity index (χ1) is 50.7. The first-order valence-corrected chi connectivity index (χ1v) is 43.8. The highest BCUT2D eigenvalue weighted by molar-refractivity contribution is 7.47. The number of carbonyl (C=O) groups is 4. The van der Waals surface area contributed by atoms with E-state index in [4.69, 9.17) is 37.0 Å². The van der Waals surface area contributed by atoms with Crippen LogP contribution in [0.3, 0.4) is 0 Å². The van der Waals surface area contributed by atoms with Gasteiger partial charge in [-0.3, -0.25) is 37.3 Å². The maximum absolute atomic E-state index is 13.1. The van der Waals surface area contributed by atoms with E-state index in [-0.39, 0.29) is 25.7 Å². The maximum atomic E-state index is 13.1. The molecule has 0 aliphatic rings. The van der Waals surface area contributed by atoms with Crippen molar-refractivity contribution >= 4 is 39.5 Å². The van der Waals surface area contributed by atoms with Crippen LogP contribution in [0.5, 0.6) is 0 Å². The van der Waals surface area contributed by atoms with Gasteiger partial charge in [0.25, 0.3) is 0 Å². The summed E-state index contributed by atoms with van der Waals surface area (Å²) in [5.74, 6) is -2.31. The number of hydrogen-bond acceptors (Lipinski definition) is 15. The fourth-order valence-corrected chi connectivity index (χ4v) is 12.2. The monoisotopic (exact) mass is 1500 g/mol. The van der Waals surface area contributed by atoms with Crippen molar-refractivity contribution in [3.8, 4) is 0 Å². The van der Waals surface area contributed by atoms with Gasteiger partial charge in [-0.25, -0.2) is 9.13 Å². The van der Waals surface area contributed by atoms with Crippen molar-refractivity contribution in [3.05, 3.63) is 122 Å². The number of aliphatic hydroxyl groups excluding tert-OH is 1. The van der Waals surface area contributed by atoms with E-state index in [1.54, 1.807) is 0 Å². The minimum Gasteiger partial charge on any atom is -0.462 e. The zero-order valence-corrected chi connectivity index (χ0v) is 67.2. The van der Waals surface area contributed by atoms with E-state index in [1.807, 2.05) is 24.3 Å². The van der Waals surface area contributed by atoms with E-state index in [0.29, 0.717) is 38.5 Å². The molecule has 0 spiro atoms. The first kappa shape index (κ1) is 99.5. The van der Waals surface area contributed by atoms with Crippen LogP contribution in [-0.4, -0.2) is 96.7 Å². The van der Waals surface area contributed by atoms with E-state index in [2.05, 4.69) is 125 Å². The molecule has 3 N–H and O–H groups in total. The average molecular weight is 1500 g/mol. The van der Waals surface area contributed by atoms with Crippen molar-refractivity contribution in [2.75, 3.05) is 39.6 Å². The van der Waals surface area contributed by atoms with E-state index in [1.165, 1.54) is 122 Å². The first-order valence-electron chi connectivity index (χ1n) is 40.8. The van der Waals surface area contributed by atoms with Crippen molar-refractivity contribution < 1.29 is 80.2 Å². The van der Waals surface area contributed by atoms with Crippen LogP contribution in [0.2, 0.25) is 0 Å². The highest BCUT2D eigenvalue weighted by atomic mass is 31.2. The summed E-state index contributed by atoms with van der Waals surface area (Å²) < 4.78 is 68.5. The van der Waals surface area contributed by atoms with Crippen molar-refractivity contribution in [3.63, 3.8) is 0 Å². The lowest BCUT2D eigenvalue weighted by atomic mass is 10.0. The van der Waals surface area contributed by atoms with E-state index in [0.717, 1.165) is 122 Å². The van der Waals surface area contributed by atoms with Gasteiger partial charge in [0.05, 0.1) is 26.4 Å². The Balaban J connectivity index is 5.47. The van der Waals surface area contributed by atoms with Crippen molar-refractivity contribution in [1.82, 2.24) is 0 Å². The third kappa shape index (κ3) is 75.7. The molecule has 0 radical (unpaired) electrons. The van der Waals surface area contributed by atoms with Crippen LogP contribution < -0.4 is 0 Å². The second-order valence-electron chi connectivity index (χ2n) is 27.0. The summed E-state index contributed by atoms with van der Waals surface area (Å²) >= 11 is 0. The topological polar surface area (TPSA) is 237 Å². The lowest BCUT2D eigenvalue weighted by Gasteiger charge is -2.21. The van der Waals surface area contributed by atoms with Crippen LogP contribution >= 0.6 is 15.6 Å². The minimum atomic E-state index is -5.00. The quantitative estimate of drug-likeness (QED) is 0.0169. The summed E-state index contributed by atoms with van der Waals surface area (Å²) in [4.78, 5) is 73.0. The molecule has 0 aliphatic heterocycles. The molecular weight excluding hydrogens is 1350 g/mol. The normalized spacial score (nSPS) is 14.5. The molecular formula is C85H146O17P2. The van der Waals surface area contributed by atoms with E-state index >= 15 is 0 Å². The summed E-state index contributed by atoms with van der Waals surface area (Å²) in [6.07, 6.45) is 84.7. The number of aliphatic hydroxyl groups is 1. The molecule has 19 heteroatoms. The van der Waals surface area contributed by atoms with E-state index in [9.17, 15) is 43.2 Å². The number of rotatable bonds is 76. The van der Waals surface area contributed by atoms with Gasteiger partial charge in [-0.15, -0.1) is 0 Å². The molecule has 17 nitrogen and oxygen atoms in total. The number of phosphoric ester groups is 2. The summed E-state index contributed by atoms with van der Waals surface area (Å²) in [6.45, 7) is 4.68. The molecule has 0 aliphatic carbocycles. The van der Waals surface area contributed by atoms with Crippen LogP contribution in [0.1, 0.15) is 336 Å². The zero-order chi connectivity index (χ0) is 76.0. The molecule has 5 atom stereocenters. The van der Waals surface area contributed by atoms with Crippen LogP contribution in [-0.2, 0) is 65.4 Å². The molecule has 0 saturated heterocycles. The number of carbonyl (C=O) groups excluding carboxylic acids is 4. The van der Waals surface area contributed by atoms with Crippen LogP contribution in [0, 0.1) is 0 Å². The number of unbranched alkanes of at least 4 members (excludes halogenated alkanes) is 30. The van der Waals surface area contributed by atoms with Crippen LogP contribution in [0.25, 0.3) is 0 Å². The third-order valence-electron chi connectivity index (χ3n) is 16.9. The number of ether oxygens (including phenoxy) is 4. The number of esters is 4. The second kappa shape index (κ2) is 76.6. The van der Waals surface area contributed by atoms with Gasteiger partial charge in [-0.05, 0) is 135 Å². The summed E-state index contributed by atoms with van der Waals surface area (Å²) in [5.41, 5.74) is 0. The van der Waals surface area contributed by atoms with Crippen LogP contribution in [0.15, 0.2) is 122 Å². The van der Waals surface area contributed by atoms with Gasteiger partial charge < -0.3 is 33.8 Å². The molecule has 0 amide bonds. The van der Waals surface area contributed by atoms with Gasteiger partial charge in [0.15, 0.2) is 12.2 Å². The largest absolute Gasteiger partial charge is 0.472 e. The predicted octanol–water partition coefficient (Wildman–Crippen LogP) is 23.9. The summed E-state index contributed by atoms with van der Waals surface area (Å²) in [6, 6.07) is 0. The van der Waals surface area contributed by atoms with Crippen molar-refractivity contribution in [1.29, 1.82) is 0 Å². The Labute approximate surface area is 632 Å². The van der Waals surface area contributed by atoms with Gasteiger partial charge in [0, 0.05) is 25.7 Å². The Kier molecular flexibility index (Phi) is 73.3. The lowest BCUT2D eigenvalue weighted by Crippen LogP contribution is -2.30. The highest BCUT2D eigenvalue weighted by Gasteiger charge is 2.30. The summed E-state index contributed by atoms with van der Waals surface area (Å²) in [7, 11) is -9.99. The number of allylic oxidation sites excluding steroid dienone is 20. The Morgan fingerprint density at radius 2 is 0.481 bits per heavy atom. The fourth-order valence-electron chi connectivity index (χ4n) is 10.6. The molecule has 598 valence electrons. The van der Waals surface area contributed by atoms with Crippen molar-refractivity contribution in [2.24, 2.45) is 0 Å². The van der Waals surface area contributed by atoms with Gasteiger partial charge in [-0.1, -0.05) is 297 Å². The van der Waals surface area contributed by atoms with Gasteiger partial charge in [-0.2, -0.15) is 0 Å². The van der Waals surface area contributed by atoms with Gasteiger partial charge in [0.2, 0.25) is 0 Å². The SMILES string of the molecule is CCCCC/C=C\C/C=C\C/C=C\C/C=C\CCCC(=O)OC[C@H](COP(=O)(O)OC[C@@H](O)COP(=O)(O)OC[C@@H](COC(=O)CCCCCCC/C=C\C/C=C\CCCCC)OC(=O)CCC/C=C\C/C=C\C/C=C\C/C=C\CCCCC)OC(=O)CCCCCCCCCCCCCCCCC. The smallest absolute Gasteiger partial charge is 0.462 e.